The Bertz CT molecular complexity index is 1170. The molecule has 1 unspecified atom stereocenters. The van der Waals surface area contributed by atoms with Crippen LogP contribution in [-0.4, -0.2) is 30.4 Å². The third-order valence-electron chi connectivity index (χ3n) is 5.12. The molecule has 0 radical (unpaired) electrons. The van der Waals surface area contributed by atoms with E-state index in [9.17, 15) is 18.8 Å². The van der Waals surface area contributed by atoms with Crippen molar-refractivity contribution in [3.8, 4) is 5.75 Å². The van der Waals surface area contributed by atoms with E-state index >= 15 is 0 Å². The zero-order chi connectivity index (χ0) is 25.2. The average molecular weight is 478 g/mol. The van der Waals surface area contributed by atoms with Crippen molar-refractivity contribution in [1.29, 1.82) is 0 Å². The summed E-state index contributed by atoms with van der Waals surface area (Å²) in [5.74, 6) is -1.24. The van der Waals surface area contributed by atoms with Crippen LogP contribution in [0, 0.1) is 11.7 Å². The van der Waals surface area contributed by atoms with Crippen LogP contribution in [0.4, 0.5) is 10.1 Å². The fraction of sp³-hybridized carbons (Fsp3) is 0.222. The maximum absolute atomic E-state index is 13.4. The molecule has 3 aromatic rings. The van der Waals surface area contributed by atoms with Gasteiger partial charge in [-0.05, 0) is 53.9 Å². The second-order valence-corrected chi connectivity index (χ2v) is 8.27. The van der Waals surface area contributed by atoms with Crippen molar-refractivity contribution < 1.29 is 23.5 Å². The summed E-state index contributed by atoms with van der Waals surface area (Å²) in [5.41, 5.74) is 1.46. The number of carbonyl (C=O) groups is 3. The highest BCUT2D eigenvalue weighted by atomic mass is 19.1. The molecule has 7 nitrogen and oxygen atoms in total. The highest BCUT2D eigenvalue weighted by Crippen LogP contribution is 2.14. The van der Waals surface area contributed by atoms with Gasteiger partial charge in [-0.15, -0.1) is 0 Å². The van der Waals surface area contributed by atoms with Crippen molar-refractivity contribution in [1.82, 2.24) is 10.6 Å². The summed E-state index contributed by atoms with van der Waals surface area (Å²) in [7, 11) is 0. The molecule has 0 spiro atoms. The number of halogens is 1. The monoisotopic (exact) mass is 477 g/mol. The number of nitrogens with one attached hydrogen (secondary N) is 3. The van der Waals surface area contributed by atoms with Gasteiger partial charge in [0, 0.05) is 17.8 Å². The lowest BCUT2D eigenvalue weighted by Gasteiger charge is -2.22. The second kappa shape index (κ2) is 12.3. The molecular weight excluding hydrogens is 449 g/mol. The van der Waals surface area contributed by atoms with Crippen LogP contribution in [0.1, 0.15) is 29.8 Å². The molecule has 1 atom stereocenters. The van der Waals surface area contributed by atoms with Crippen LogP contribution >= 0.6 is 0 Å². The topological polar surface area (TPSA) is 96.5 Å². The van der Waals surface area contributed by atoms with Crippen molar-refractivity contribution in [3.63, 3.8) is 0 Å². The smallest absolute Gasteiger partial charge is 0.258 e. The van der Waals surface area contributed by atoms with Gasteiger partial charge in [0.05, 0.1) is 0 Å². The molecule has 3 rings (SSSR count). The van der Waals surface area contributed by atoms with Crippen LogP contribution in [-0.2, 0) is 16.1 Å². The number of rotatable bonds is 10. The fourth-order valence-electron chi connectivity index (χ4n) is 3.31. The molecule has 0 aromatic heterocycles. The van der Waals surface area contributed by atoms with E-state index in [0.29, 0.717) is 11.4 Å². The zero-order valence-corrected chi connectivity index (χ0v) is 19.6. The van der Waals surface area contributed by atoms with Crippen LogP contribution in [0.15, 0.2) is 78.9 Å². The van der Waals surface area contributed by atoms with Crippen molar-refractivity contribution in [2.45, 2.75) is 26.4 Å². The molecule has 3 amide bonds. The molecule has 3 N–H and O–H groups in total. The Balaban J connectivity index is 1.53. The summed E-state index contributed by atoms with van der Waals surface area (Å²) < 4.78 is 18.8. The predicted octanol–water partition coefficient (Wildman–Crippen LogP) is 3.91. The molecule has 0 aliphatic heterocycles. The van der Waals surface area contributed by atoms with Crippen molar-refractivity contribution in [2.75, 3.05) is 11.9 Å². The standard InChI is InChI=1S/C27H28FN3O4/c1-18(2)25(31-24(32)17-35-23-12-4-3-5-13-23)27(34)29-16-19-8-6-11-22(14-19)30-26(33)20-9-7-10-21(28)15-20/h3-15,18,25H,16-17H2,1-2H3,(H,29,34)(H,30,33)(H,31,32). The van der Waals surface area contributed by atoms with E-state index < -0.39 is 23.7 Å². The average Bonchev–Trinajstić information content (AvgIpc) is 2.85. The molecule has 35 heavy (non-hydrogen) atoms. The van der Waals surface area contributed by atoms with Crippen LogP contribution < -0.4 is 20.7 Å². The molecule has 182 valence electrons. The van der Waals surface area contributed by atoms with Crippen LogP contribution in [0.5, 0.6) is 5.75 Å². The van der Waals surface area contributed by atoms with E-state index in [4.69, 9.17) is 4.74 Å². The lowest BCUT2D eigenvalue weighted by Crippen LogP contribution is -2.50. The highest BCUT2D eigenvalue weighted by molar-refractivity contribution is 6.04. The quantitative estimate of drug-likeness (QED) is 0.413. The first kappa shape index (κ1) is 25.4. The van der Waals surface area contributed by atoms with Gasteiger partial charge in [-0.3, -0.25) is 14.4 Å². The number of benzene rings is 3. The summed E-state index contributed by atoms with van der Waals surface area (Å²) in [6, 6.07) is 20.6. The van der Waals surface area contributed by atoms with Gasteiger partial charge in [-0.25, -0.2) is 4.39 Å². The Morgan fingerprint density at radius 1 is 0.914 bits per heavy atom. The molecule has 0 saturated heterocycles. The van der Waals surface area contributed by atoms with E-state index in [1.54, 1.807) is 48.5 Å². The maximum Gasteiger partial charge on any atom is 0.258 e. The number of hydrogen-bond donors (Lipinski definition) is 3. The minimum atomic E-state index is -0.738. The van der Waals surface area contributed by atoms with Crippen LogP contribution in [0.2, 0.25) is 0 Å². The normalized spacial score (nSPS) is 11.4. The Labute approximate surface area is 203 Å². The number of ether oxygens (including phenoxy) is 1. The molecular formula is C27H28FN3O4. The van der Waals surface area contributed by atoms with Crippen molar-refractivity contribution in [3.05, 3.63) is 95.8 Å². The predicted molar refractivity (Wildman–Crippen MR) is 131 cm³/mol. The molecule has 0 saturated carbocycles. The summed E-state index contributed by atoms with van der Waals surface area (Å²) in [6.07, 6.45) is 0. The minimum absolute atomic E-state index is 0.146. The molecule has 0 aliphatic rings. The van der Waals surface area contributed by atoms with Gasteiger partial charge < -0.3 is 20.7 Å². The van der Waals surface area contributed by atoms with E-state index in [-0.39, 0.29) is 30.5 Å². The number of amides is 3. The Hall–Kier alpha value is -4.20. The molecule has 8 heteroatoms. The van der Waals surface area contributed by atoms with Crippen molar-refractivity contribution >= 4 is 23.4 Å². The Morgan fingerprint density at radius 2 is 1.66 bits per heavy atom. The third kappa shape index (κ3) is 7.96. The lowest BCUT2D eigenvalue weighted by molar-refractivity contribution is -0.131. The maximum atomic E-state index is 13.4. The Kier molecular flexibility index (Phi) is 8.95. The summed E-state index contributed by atoms with van der Waals surface area (Å²) in [5, 5.41) is 8.26. The number of para-hydroxylation sites is 1. The number of hydrogen-bond acceptors (Lipinski definition) is 4. The van der Waals surface area contributed by atoms with Gasteiger partial charge in [0.1, 0.15) is 17.6 Å². The van der Waals surface area contributed by atoms with Gasteiger partial charge in [-0.2, -0.15) is 0 Å². The summed E-state index contributed by atoms with van der Waals surface area (Å²) in [6.45, 7) is 3.67. The zero-order valence-electron chi connectivity index (χ0n) is 19.6. The minimum Gasteiger partial charge on any atom is -0.484 e. The van der Waals surface area contributed by atoms with Crippen molar-refractivity contribution in [2.24, 2.45) is 5.92 Å². The highest BCUT2D eigenvalue weighted by Gasteiger charge is 2.24. The molecule has 0 bridgehead atoms. The molecule has 0 aliphatic carbocycles. The third-order valence-corrected chi connectivity index (χ3v) is 5.12. The van der Waals surface area contributed by atoms with Gasteiger partial charge >= 0.3 is 0 Å². The fourth-order valence-corrected chi connectivity index (χ4v) is 3.31. The first-order valence-corrected chi connectivity index (χ1v) is 11.2. The van der Waals surface area contributed by atoms with E-state index in [2.05, 4.69) is 16.0 Å². The van der Waals surface area contributed by atoms with E-state index in [0.717, 1.165) is 11.6 Å². The summed E-state index contributed by atoms with van der Waals surface area (Å²) in [4.78, 5) is 37.4. The van der Waals surface area contributed by atoms with Crippen LogP contribution in [0.3, 0.4) is 0 Å². The lowest BCUT2D eigenvalue weighted by atomic mass is 10.0. The van der Waals surface area contributed by atoms with Gasteiger partial charge in [0.2, 0.25) is 5.91 Å². The largest absolute Gasteiger partial charge is 0.484 e. The van der Waals surface area contributed by atoms with Gasteiger partial charge in [-0.1, -0.05) is 50.2 Å². The van der Waals surface area contributed by atoms with Gasteiger partial charge in [0.15, 0.2) is 6.61 Å². The van der Waals surface area contributed by atoms with Crippen LogP contribution in [0.25, 0.3) is 0 Å². The molecule has 3 aromatic carbocycles. The number of anilines is 1. The first-order valence-electron chi connectivity index (χ1n) is 11.2. The summed E-state index contributed by atoms with van der Waals surface area (Å²) >= 11 is 0. The number of carbonyl (C=O) groups excluding carboxylic acids is 3. The van der Waals surface area contributed by atoms with E-state index in [1.807, 2.05) is 19.9 Å². The molecule has 0 heterocycles. The van der Waals surface area contributed by atoms with E-state index in [1.165, 1.54) is 18.2 Å². The van der Waals surface area contributed by atoms with Gasteiger partial charge in [0.25, 0.3) is 11.8 Å². The first-order chi connectivity index (χ1) is 16.8. The molecule has 0 fully saturated rings. The second-order valence-electron chi connectivity index (χ2n) is 8.27. The SMILES string of the molecule is CC(C)C(NC(=O)COc1ccccc1)C(=O)NCc1cccc(NC(=O)c2cccc(F)c2)c1. The Morgan fingerprint density at radius 3 is 2.37 bits per heavy atom.